The summed E-state index contributed by atoms with van der Waals surface area (Å²) < 4.78 is 5.63. The number of ketones is 1. The fourth-order valence-electron chi connectivity index (χ4n) is 3.13. The smallest absolute Gasteiger partial charge is 0.162 e. The van der Waals surface area contributed by atoms with Crippen molar-refractivity contribution in [3.8, 4) is 0 Å². The average Bonchev–Trinajstić information content (AvgIpc) is 2.70. The highest BCUT2D eigenvalue weighted by Crippen LogP contribution is 2.16. The Morgan fingerprint density at radius 3 is 2.46 bits per heavy atom. The SMILES string of the molecule is CCC(N)(CO)COCc1ccc(C(=O)CCCc2ccc(C)cc2C)cc1. The van der Waals surface area contributed by atoms with Gasteiger partial charge in [-0.2, -0.15) is 0 Å². The molecule has 0 saturated carbocycles. The van der Waals surface area contributed by atoms with Gasteiger partial charge < -0.3 is 15.6 Å². The van der Waals surface area contributed by atoms with Gasteiger partial charge in [0.25, 0.3) is 0 Å². The fourth-order valence-corrected chi connectivity index (χ4v) is 3.13. The van der Waals surface area contributed by atoms with Gasteiger partial charge in [-0.1, -0.05) is 55.0 Å². The number of carbonyl (C=O) groups is 1. The van der Waals surface area contributed by atoms with E-state index in [2.05, 4.69) is 32.0 Å². The Morgan fingerprint density at radius 1 is 1.14 bits per heavy atom. The van der Waals surface area contributed by atoms with Gasteiger partial charge in [0.15, 0.2) is 5.78 Å². The predicted molar refractivity (Wildman–Crippen MR) is 114 cm³/mol. The molecule has 1 unspecified atom stereocenters. The van der Waals surface area contributed by atoms with Crippen molar-refractivity contribution in [2.24, 2.45) is 5.73 Å². The highest BCUT2D eigenvalue weighted by molar-refractivity contribution is 5.96. The standard InChI is InChI=1S/C24H33NO3/c1-4-24(25,16-26)17-28-15-20-9-12-22(13-10-20)23(27)7-5-6-21-11-8-18(2)14-19(21)3/h8-14,26H,4-7,15-17,25H2,1-3H3. The van der Waals surface area contributed by atoms with Crippen LogP contribution in [0.1, 0.15) is 58.8 Å². The zero-order valence-corrected chi connectivity index (χ0v) is 17.3. The van der Waals surface area contributed by atoms with Gasteiger partial charge in [0.1, 0.15) is 0 Å². The second-order valence-corrected chi connectivity index (χ2v) is 7.77. The van der Waals surface area contributed by atoms with E-state index in [9.17, 15) is 9.90 Å². The lowest BCUT2D eigenvalue weighted by Gasteiger charge is -2.25. The number of hydrogen-bond acceptors (Lipinski definition) is 4. The van der Waals surface area contributed by atoms with E-state index < -0.39 is 5.54 Å². The minimum Gasteiger partial charge on any atom is -0.394 e. The number of hydrogen-bond donors (Lipinski definition) is 2. The molecule has 0 aliphatic carbocycles. The molecule has 1 atom stereocenters. The van der Waals surface area contributed by atoms with Crippen LogP contribution in [-0.2, 0) is 17.8 Å². The molecule has 4 heteroatoms. The molecule has 0 aliphatic heterocycles. The van der Waals surface area contributed by atoms with Crippen LogP contribution in [0.15, 0.2) is 42.5 Å². The molecule has 152 valence electrons. The minimum absolute atomic E-state index is 0.0982. The zero-order valence-electron chi connectivity index (χ0n) is 17.3. The number of rotatable bonds is 11. The van der Waals surface area contributed by atoms with Gasteiger partial charge >= 0.3 is 0 Å². The first kappa shape index (κ1) is 22.3. The molecular formula is C24H33NO3. The molecule has 0 heterocycles. The van der Waals surface area contributed by atoms with Gasteiger partial charge in [0.05, 0.1) is 25.4 Å². The minimum atomic E-state index is -0.689. The van der Waals surface area contributed by atoms with Crippen molar-refractivity contribution in [1.82, 2.24) is 0 Å². The summed E-state index contributed by atoms with van der Waals surface area (Å²) >= 11 is 0. The fraction of sp³-hybridized carbons (Fsp3) is 0.458. The van der Waals surface area contributed by atoms with Crippen molar-refractivity contribution in [2.75, 3.05) is 13.2 Å². The van der Waals surface area contributed by atoms with Gasteiger partial charge in [-0.15, -0.1) is 0 Å². The van der Waals surface area contributed by atoms with Crippen molar-refractivity contribution in [3.63, 3.8) is 0 Å². The highest BCUT2D eigenvalue weighted by Gasteiger charge is 2.21. The summed E-state index contributed by atoms with van der Waals surface area (Å²) in [6, 6.07) is 14.0. The van der Waals surface area contributed by atoms with Gasteiger partial charge in [-0.05, 0) is 49.8 Å². The average molecular weight is 384 g/mol. The summed E-state index contributed by atoms with van der Waals surface area (Å²) in [6.07, 6.45) is 2.97. The first-order valence-corrected chi connectivity index (χ1v) is 10.0. The first-order chi connectivity index (χ1) is 13.4. The topological polar surface area (TPSA) is 72.6 Å². The number of aliphatic hydroxyl groups is 1. The molecule has 0 bridgehead atoms. The van der Waals surface area contributed by atoms with Crippen LogP contribution in [0.3, 0.4) is 0 Å². The number of benzene rings is 2. The molecule has 0 spiro atoms. The van der Waals surface area contributed by atoms with Crippen molar-refractivity contribution in [2.45, 2.75) is 58.6 Å². The van der Waals surface area contributed by atoms with Crippen molar-refractivity contribution in [3.05, 3.63) is 70.3 Å². The Kier molecular flexibility index (Phi) is 8.36. The quantitative estimate of drug-likeness (QED) is 0.572. The maximum Gasteiger partial charge on any atom is 0.162 e. The van der Waals surface area contributed by atoms with E-state index in [1.54, 1.807) is 0 Å². The third-order valence-corrected chi connectivity index (χ3v) is 5.30. The van der Waals surface area contributed by atoms with Crippen LogP contribution in [0, 0.1) is 13.8 Å². The van der Waals surface area contributed by atoms with Crippen LogP contribution < -0.4 is 5.73 Å². The molecule has 0 fully saturated rings. The normalized spacial score (nSPS) is 13.3. The van der Waals surface area contributed by atoms with Gasteiger partial charge in [-0.25, -0.2) is 0 Å². The second-order valence-electron chi connectivity index (χ2n) is 7.77. The van der Waals surface area contributed by atoms with Crippen molar-refractivity contribution < 1.29 is 14.6 Å². The van der Waals surface area contributed by atoms with Gasteiger partial charge in [0, 0.05) is 12.0 Å². The van der Waals surface area contributed by atoms with E-state index in [-0.39, 0.29) is 12.4 Å². The summed E-state index contributed by atoms with van der Waals surface area (Å²) in [5.41, 5.74) is 10.9. The number of aliphatic hydroxyl groups excluding tert-OH is 1. The van der Waals surface area contributed by atoms with Crippen LogP contribution in [0.4, 0.5) is 0 Å². The molecule has 3 N–H and O–H groups in total. The maximum absolute atomic E-state index is 12.4. The lowest BCUT2D eigenvalue weighted by molar-refractivity contribution is 0.0440. The Bertz CT molecular complexity index is 764. The molecule has 0 saturated heterocycles. The van der Waals surface area contributed by atoms with E-state index in [1.165, 1.54) is 16.7 Å². The summed E-state index contributed by atoms with van der Waals surface area (Å²) in [5, 5.41) is 9.31. The van der Waals surface area contributed by atoms with E-state index >= 15 is 0 Å². The molecule has 0 aromatic heterocycles. The Morgan fingerprint density at radius 2 is 1.86 bits per heavy atom. The van der Waals surface area contributed by atoms with Gasteiger partial charge in [-0.3, -0.25) is 4.79 Å². The highest BCUT2D eigenvalue weighted by atomic mass is 16.5. The van der Waals surface area contributed by atoms with E-state index in [1.807, 2.05) is 31.2 Å². The molecule has 0 radical (unpaired) electrons. The molecule has 2 aromatic carbocycles. The predicted octanol–water partition coefficient (Wildman–Crippen LogP) is 4.13. The number of aryl methyl sites for hydroxylation is 3. The summed E-state index contributed by atoms with van der Waals surface area (Å²) in [5.74, 6) is 0.171. The largest absolute Gasteiger partial charge is 0.394 e. The second kappa shape index (κ2) is 10.5. The van der Waals surface area contributed by atoms with Crippen LogP contribution in [0.25, 0.3) is 0 Å². The third-order valence-electron chi connectivity index (χ3n) is 5.30. The van der Waals surface area contributed by atoms with E-state index in [0.29, 0.717) is 26.1 Å². The zero-order chi connectivity index (χ0) is 20.6. The Balaban J connectivity index is 1.79. The summed E-state index contributed by atoms with van der Waals surface area (Å²) in [7, 11) is 0. The number of Topliss-reactive ketones (excluding diaryl/α,β-unsaturated/α-hetero) is 1. The van der Waals surface area contributed by atoms with Gasteiger partial charge in [0.2, 0.25) is 0 Å². The first-order valence-electron chi connectivity index (χ1n) is 10.0. The molecule has 0 aliphatic rings. The number of carbonyl (C=O) groups excluding carboxylic acids is 1. The summed E-state index contributed by atoms with van der Waals surface area (Å²) in [6.45, 7) is 6.77. The molecule has 2 rings (SSSR count). The van der Waals surface area contributed by atoms with Crippen LogP contribution >= 0.6 is 0 Å². The number of nitrogens with two attached hydrogens (primary N) is 1. The molecular weight excluding hydrogens is 350 g/mol. The maximum atomic E-state index is 12.4. The lowest BCUT2D eigenvalue weighted by atomic mass is 9.98. The van der Waals surface area contributed by atoms with Crippen LogP contribution in [0.5, 0.6) is 0 Å². The molecule has 4 nitrogen and oxygen atoms in total. The lowest BCUT2D eigenvalue weighted by Crippen LogP contribution is -2.47. The third kappa shape index (κ3) is 6.55. The Labute approximate surface area is 168 Å². The van der Waals surface area contributed by atoms with E-state index in [4.69, 9.17) is 10.5 Å². The Hall–Kier alpha value is -2.01. The molecule has 2 aromatic rings. The van der Waals surface area contributed by atoms with Crippen LogP contribution in [0.2, 0.25) is 0 Å². The monoisotopic (exact) mass is 383 g/mol. The molecule has 0 amide bonds. The number of ether oxygens (including phenoxy) is 1. The van der Waals surface area contributed by atoms with Crippen molar-refractivity contribution in [1.29, 1.82) is 0 Å². The van der Waals surface area contributed by atoms with Crippen LogP contribution in [-0.4, -0.2) is 29.6 Å². The summed E-state index contributed by atoms with van der Waals surface area (Å²) in [4.78, 5) is 12.4. The molecule has 28 heavy (non-hydrogen) atoms. The van der Waals surface area contributed by atoms with E-state index in [0.717, 1.165) is 24.0 Å². The van der Waals surface area contributed by atoms with Crippen molar-refractivity contribution >= 4 is 5.78 Å².